The van der Waals surface area contributed by atoms with Crippen molar-refractivity contribution in [2.45, 2.75) is 43.7 Å². The zero-order valence-corrected chi connectivity index (χ0v) is 19.4. The SMILES string of the molecule is CC(C)(C(=O)c1cccnc1)c1cccnc1.O=C(O)C(O)C(O)C(=O)O.O=C(O)C(O)C(O)C(=O)O. The van der Waals surface area contributed by atoms with E-state index in [4.69, 9.17) is 40.9 Å². The molecule has 15 nitrogen and oxygen atoms in total. The Hall–Kier alpha value is -4.31. The van der Waals surface area contributed by atoms with Gasteiger partial charge in [0.1, 0.15) is 0 Å². The van der Waals surface area contributed by atoms with Gasteiger partial charge in [-0.25, -0.2) is 19.2 Å². The largest absolute Gasteiger partial charge is 0.479 e. The van der Waals surface area contributed by atoms with Crippen molar-refractivity contribution in [1.82, 2.24) is 9.97 Å². The molecule has 0 saturated heterocycles. The molecule has 0 aliphatic carbocycles. The number of aliphatic hydroxyl groups excluding tert-OH is 4. The van der Waals surface area contributed by atoms with Crippen molar-refractivity contribution in [3.63, 3.8) is 0 Å². The lowest BCUT2D eigenvalue weighted by Gasteiger charge is -2.23. The third-order valence-electron chi connectivity index (χ3n) is 4.48. The summed E-state index contributed by atoms with van der Waals surface area (Å²) in [4.78, 5) is 59.5. The molecule has 2 aromatic rings. The highest BCUT2D eigenvalue weighted by Gasteiger charge is 2.31. The predicted octanol–water partition coefficient (Wildman–Crippen LogP) is -1.61. The molecule has 0 aliphatic rings. The molecule has 0 fully saturated rings. The van der Waals surface area contributed by atoms with Crippen LogP contribution in [0, 0.1) is 0 Å². The topological polar surface area (TPSA) is 273 Å². The van der Waals surface area contributed by atoms with Crippen LogP contribution in [0.5, 0.6) is 0 Å². The number of carbonyl (C=O) groups is 5. The van der Waals surface area contributed by atoms with Gasteiger partial charge in [-0.05, 0) is 37.6 Å². The number of aliphatic carboxylic acids is 4. The normalized spacial score (nSPS) is 13.7. The molecule has 37 heavy (non-hydrogen) atoms. The van der Waals surface area contributed by atoms with E-state index in [0.29, 0.717) is 5.56 Å². The third kappa shape index (κ3) is 10.5. The van der Waals surface area contributed by atoms with Gasteiger partial charge in [-0.15, -0.1) is 0 Å². The maximum atomic E-state index is 12.4. The van der Waals surface area contributed by atoms with Gasteiger partial charge in [0.2, 0.25) is 0 Å². The number of ketones is 1. The maximum absolute atomic E-state index is 12.4. The first-order valence-electron chi connectivity index (χ1n) is 10.0. The van der Waals surface area contributed by atoms with Gasteiger partial charge < -0.3 is 40.9 Å². The summed E-state index contributed by atoms with van der Waals surface area (Å²) < 4.78 is 0. The molecule has 0 amide bonds. The Balaban J connectivity index is 0.000000564. The van der Waals surface area contributed by atoms with Crippen LogP contribution >= 0.6 is 0 Å². The standard InChI is InChI=1S/C14H14N2O.2C4H6O6/c1-14(2,12-6-4-8-16-10-12)13(17)11-5-3-7-15-9-11;2*5-1(3(7)8)2(6)4(9)10/h3-10H,1-2H3;2*1-2,5-6H,(H,7,8)(H,9,10). The third-order valence-corrected chi connectivity index (χ3v) is 4.48. The number of aromatic nitrogens is 2. The van der Waals surface area contributed by atoms with E-state index in [9.17, 15) is 24.0 Å². The van der Waals surface area contributed by atoms with Crippen LogP contribution in [0.25, 0.3) is 0 Å². The second-order valence-corrected chi connectivity index (χ2v) is 7.57. The minimum Gasteiger partial charge on any atom is -0.479 e. The Morgan fingerprint density at radius 3 is 1.27 bits per heavy atom. The summed E-state index contributed by atoms with van der Waals surface area (Å²) in [6.45, 7) is 3.80. The molecular formula is C22H26N2O13. The molecule has 2 aromatic heterocycles. The number of nitrogens with zero attached hydrogens (tertiary/aromatic N) is 2. The van der Waals surface area contributed by atoms with Gasteiger partial charge in [-0.2, -0.15) is 0 Å². The van der Waals surface area contributed by atoms with E-state index in [2.05, 4.69) is 9.97 Å². The van der Waals surface area contributed by atoms with Gasteiger partial charge in [0.15, 0.2) is 30.2 Å². The first kappa shape index (κ1) is 32.7. The molecule has 15 heteroatoms. The molecule has 0 aromatic carbocycles. The Morgan fingerprint density at radius 1 is 0.649 bits per heavy atom. The number of pyridine rings is 2. The van der Waals surface area contributed by atoms with E-state index < -0.39 is 53.7 Å². The summed E-state index contributed by atoms with van der Waals surface area (Å²) in [5.74, 6) is -7.02. The summed E-state index contributed by atoms with van der Waals surface area (Å²) in [6.07, 6.45) is -2.37. The number of carboxylic acids is 4. The summed E-state index contributed by atoms with van der Waals surface area (Å²) >= 11 is 0. The molecule has 202 valence electrons. The lowest BCUT2D eigenvalue weighted by Crippen LogP contribution is -2.39. The van der Waals surface area contributed by atoms with Gasteiger partial charge in [0, 0.05) is 30.4 Å². The zero-order chi connectivity index (χ0) is 28.9. The van der Waals surface area contributed by atoms with Gasteiger partial charge in [-0.1, -0.05) is 6.07 Å². The van der Waals surface area contributed by atoms with E-state index in [1.165, 1.54) is 0 Å². The fourth-order valence-electron chi connectivity index (χ4n) is 2.26. The van der Waals surface area contributed by atoms with E-state index in [1.807, 2.05) is 26.0 Å². The van der Waals surface area contributed by atoms with Crippen LogP contribution in [-0.4, -0.2) is 105 Å². The molecule has 2 heterocycles. The van der Waals surface area contributed by atoms with E-state index in [0.717, 1.165) is 5.56 Å². The highest BCUT2D eigenvalue weighted by molar-refractivity contribution is 6.03. The number of Topliss-reactive ketones (excluding diaryl/α,β-unsaturated/α-hetero) is 1. The number of rotatable bonds is 9. The minimum atomic E-state index is -2.27. The molecule has 0 saturated carbocycles. The van der Waals surface area contributed by atoms with Crippen molar-refractivity contribution in [3.05, 3.63) is 60.2 Å². The first-order valence-corrected chi connectivity index (χ1v) is 10.0. The van der Waals surface area contributed by atoms with Crippen molar-refractivity contribution in [1.29, 1.82) is 0 Å². The van der Waals surface area contributed by atoms with Crippen LogP contribution in [0.1, 0.15) is 29.8 Å². The Kier molecular flexibility index (Phi) is 13.2. The van der Waals surface area contributed by atoms with Gasteiger partial charge in [0.05, 0.1) is 5.41 Å². The molecule has 2 rings (SSSR count). The van der Waals surface area contributed by atoms with E-state index in [-0.39, 0.29) is 5.78 Å². The van der Waals surface area contributed by atoms with Gasteiger partial charge >= 0.3 is 23.9 Å². The number of carbonyl (C=O) groups excluding carboxylic acids is 1. The summed E-state index contributed by atoms with van der Waals surface area (Å²) in [7, 11) is 0. The van der Waals surface area contributed by atoms with E-state index >= 15 is 0 Å². The average molecular weight is 526 g/mol. The van der Waals surface area contributed by atoms with Crippen LogP contribution in [0.15, 0.2) is 49.1 Å². The van der Waals surface area contributed by atoms with Crippen LogP contribution in [0.2, 0.25) is 0 Å². The van der Waals surface area contributed by atoms with E-state index in [1.54, 1.807) is 36.9 Å². The molecule has 8 N–H and O–H groups in total. The Morgan fingerprint density at radius 2 is 1.00 bits per heavy atom. The predicted molar refractivity (Wildman–Crippen MR) is 120 cm³/mol. The maximum Gasteiger partial charge on any atom is 0.335 e. The summed E-state index contributed by atoms with van der Waals surface area (Å²) in [6, 6.07) is 7.31. The molecule has 0 bridgehead atoms. The average Bonchev–Trinajstić information content (AvgIpc) is 2.87. The fourth-order valence-corrected chi connectivity index (χ4v) is 2.26. The van der Waals surface area contributed by atoms with Crippen LogP contribution < -0.4 is 0 Å². The van der Waals surface area contributed by atoms with Crippen molar-refractivity contribution in [2.75, 3.05) is 0 Å². The number of hydrogen-bond acceptors (Lipinski definition) is 11. The van der Waals surface area contributed by atoms with Crippen molar-refractivity contribution >= 4 is 29.7 Å². The highest BCUT2D eigenvalue weighted by Crippen LogP contribution is 2.26. The highest BCUT2D eigenvalue weighted by atomic mass is 16.4. The minimum absolute atomic E-state index is 0.0543. The zero-order valence-electron chi connectivity index (χ0n) is 19.4. The molecule has 0 radical (unpaired) electrons. The molecule has 4 atom stereocenters. The van der Waals surface area contributed by atoms with Crippen molar-refractivity contribution in [2.24, 2.45) is 0 Å². The molecule has 0 spiro atoms. The summed E-state index contributed by atoms with van der Waals surface area (Å²) in [5, 5.41) is 65.1. The van der Waals surface area contributed by atoms with Crippen LogP contribution in [-0.2, 0) is 24.6 Å². The Labute approximate surface area is 208 Å². The number of carboxylic acid groups (broad SMARTS) is 4. The van der Waals surface area contributed by atoms with Crippen molar-refractivity contribution < 1.29 is 64.8 Å². The lowest BCUT2D eigenvalue weighted by molar-refractivity contribution is -0.165. The lowest BCUT2D eigenvalue weighted by atomic mass is 9.79. The molecule has 0 aliphatic heterocycles. The number of hydrogen-bond donors (Lipinski definition) is 8. The molecular weight excluding hydrogens is 500 g/mol. The second-order valence-electron chi connectivity index (χ2n) is 7.57. The Bertz CT molecular complexity index is 989. The second kappa shape index (κ2) is 14.9. The van der Waals surface area contributed by atoms with Crippen molar-refractivity contribution in [3.8, 4) is 0 Å². The number of aliphatic hydroxyl groups is 4. The van der Waals surface area contributed by atoms with Crippen LogP contribution in [0.3, 0.4) is 0 Å². The molecule has 4 unspecified atom stereocenters. The first-order chi connectivity index (χ1) is 17.0. The van der Waals surface area contributed by atoms with Gasteiger partial charge in [0.25, 0.3) is 0 Å². The van der Waals surface area contributed by atoms with Gasteiger partial charge in [-0.3, -0.25) is 14.8 Å². The quantitative estimate of drug-likeness (QED) is 0.171. The smallest absolute Gasteiger partial charge is 0.335 e. The fraction of sp³-hybridized carbons (Fsp3) is 0.318. The summed E-state index contributed by atoms with van der Waals surface area (Å²) in [5.41, 5.74) is 0.951. The van der Waals surface area contributed by atoms with Crippen LogP contribution in [0.4, 0.5) is 0 Å². The monoisotopic (exact) mass is 526 g/mol.